The van der Waals surface area contributed by atoms with E-state index in [0.29, 0.717) is 11.4 Å². The molecule has 150 valence electrons. The molecule has 0 bridgehead atoms. The van der Waals surface area contributed by atoms with Crippen LogP contribution in [0.1, 0.15) is 24.8 Å². The van der Waals surface area contributed by atoms with Gasteiger partial charge in [0, 0.05) is 12.3 Å². The molecule has 5 nitrogen and oxygen atoms in total. The van der Waals surface area contributed by atoms with Crippen LogP contribution in [-0.2, 0) is 14.4 Å². The topological polar surface area (TPSA) is 57.7 Å². The molecule has 0 aromatic heterocycles. The van der Waals surface area contributed by atoms with Crippen LogP contribution in [-0.4, -0.2) is 17.6 Å². The Hall–Kier alpha value is -3.73. The van der Waals surface area contributed by atoms with Crippen LogP contribution in [0.25, 0.3) is 0 Å². The standard InChI is InChI=1S/C25H22N2O3/c1-18(28)17-22(19-11-5-2-6-12-19)23-24(29)26(20-13-7-3-8-14-20)27(25(23)30)21-15-9-4-10-16-21/h2-16,22-23H,17H2,1H3. The highest BCUT2D eigenvalue weighted by Crippen LogP contribution is 2.39. The van der Waals surface area contributed by atoms with Gasteiger partial charge in [0.05, 0.1) is 11.4 Å². The number of hydrogen-bond acceptors (Lipinski definition) is 3. The van der Waals surface area contributed by atoms with E-state index in [1.165, 1.54) is 16.9 Å². The lowest BCUT2D eigenvalue weighted by molar-refractivity contribution is -0.128. The summed E-state index contributed by atoms with van der Waals surface area (Å²) >= 11 is 0. The van der Waals surface area contributed by atoms with Crippen molar-refractivity contribution in [1.82, 2.24) is 0 Å². The number of benzene rings is 3. The average molecular weight is 398 g/mol. The van der Waals surface area contributed by atoms with Crippen LogP contribution in [0.2, 0.25) is 0 Å². The van der Waals surface area contributed by atoms with Gasteiger partial charge < -0.3 is 4.79 Å². The van der Waals surface area contributed by atoms with E-state index < -0.39 is 11.8 Å². The van der Waals surface area contributed by atoms with Crippen LogP contribution < -0.4 is 10.0 Å². The van der Waals surface area contributed by atoms with Crippen LogP contribution in [0.15, 0.2) is 91.0 Å². The smallest absolute Gasteiger partial charge is 0.259 e. The SMILES string of the molecule is CC(=O)CC(c1ccccc1)C1C(=O)N(c2ccccc2)N(c2ccccc2)C1=O. The molecule has 3 aromatic carbocycles. The summed E-state index contributed by atoms with van der Waals surface area (Å²) in [7, 11) is 0. The Kier molecular flexibility index (Phi) is 5.44. The molecular formula is C25H22N2O3. The highest BCUT2D eigenvalue weighted by atomic mass is 16.2. The summed E-state index contributed by atoms with van der Waals surface area (Å²) in [6.45, 7) is 1.49. The van der Waals surface area contributed by atoms with Gasteiger partial charge in [-0.3, -0.25) is 9.59 Å². The Bertz CT molecular complexity index is 994. The van der Waals surface area contributed by atoms with Crippen LogP contribution in [0.4, 0.5) is 11.4 Å². The van der Waals surface area contributed by atoms with Crippen molar-refractivity contribution in [1.29, 1.82) is 0 Å². The molecule has 1 saturated heterocycles. The van der Waals surface area contributed by atoms with E-state index in [9.17, 15) is 14.4 Å². The molecule has 1 aliphatic rings. The summed E-state index contributed by atoms with van der Waals surface area (Å²) in [5.74, 6) is -2.22. The van der Waals surface area contributed by atoms with E-state index in [-0.39, 0.29) is 24.0 Å². The first kappa shape index (κ1) is 19.6. The molecule has 1 aliphatic heterocycles. The molecule has 2 amide bonds. The summed E-state index contributed by atoms with van der Waals surface area (Å²) in [4.78, 5) is 39.3. The van der Waals surface area contributed by atoms with Crippen LogP contribution in [0.3, 0.4) is 0 Å². The van der Waals surface area contributed by atoms with Crippen molar-refractivity contribution in [3.05, 3.63) is 96.6 Å². The molecule has 1 fully saturated rings. The molecule has 0 aliphatic carbocycles. The number of ketones is 1. The van der Waals surface area contributed by atoms with Gasteiger partial charge in [-0.05, 0) is 36.8 Å². The summed E-state index contributed by atoms with van der Waals surface area (Å²) in [5, 5.41) is 2.86. The number of Topliss-reactive ketones (excluding diaryl/α,β-unsaturated/α-hetero) is 1. The molecule has 0 radical (unpaired) electrons. The van der Waals surface area contributed by atoms with Gasteiger partial charge in [0.15, 0.2) is 0 Å². The predicted molar refractivity (Wildman–Crippen MR) is 116 cm³/mol. The highest BCUT2D eigenvalue weighted by Gasteiger charge is 2.51. The molecular weight excluding hydrogens is 376 g/mol. The Morgan fingerprint density at radius 1 is 0.733 bits per heavy atom. The minimum atomic E-state index is -0.975. The van der Waals surface area contributed by atoms with E-state index in [4.69, 9.17) is 0 Å². The third kappa shape index (κ3) is 3.62. The molecule has 1 unspecified atom stereocenters. The number of carbonyl (C=O) groups is 3. The van der Waals surface area contributed by atoms with Gasteiger partial charge in [0.25, 0.3) is 11.8 Å². The fraction of sp³-hybridized carbons (Fsp3) is 0.160. The van der Waals surface area contributed by atoms with Crippen molar-refractivity contribution in [3.8, 4) is 0 Å². The van der Waals surface area contributed by atoms with Crippen molar-refractivity contribution in [2.45, 2.75) is 19.3 Å². The molecule has 0 saturated carbocycles. The Labute approximate surface area is 175 Å². The van der Waals surface area contributed by atoms with Gasteiger partial charge in [-0.25, -0.2) is 10.0 Å². The molecule has 1 atom stereocenters. The normalized spacial score (nSPS) is 15.5. The predicted octanol–water partition coefficient (Wildman–Crippen LogP) is 4.36. The van der Waals surface area contributed by atoms with Crippen LogP contribution in [0.5, 0.6) is 0 Å². The number of anilines is 2. The van der Waals surface area contributed by atoms with Gasteiger partial charge in [-0.15, -0.1) is 0 Å². The fourth-order valence-corrected chi connectivity index (χ4v) is 3.97. The van der Waals surface area contributed by atoms with Gasteiger partial charge in [-0.1, -0.05) is 66.7 Å². The summed E-state index contributed by atoms with van der Waals surface area (Å²) in [5.41, 5.74) is 2.02. The van der Waals surface area contributed by atoms with Gasteiger partial charge in [0.1, 0.15) is 11.7 Å². The molecule has 30 heavy (non-hydrogen) atoms. The maximum absolute atomic E-state index is 13.6. The first-order valence-corrected chi connectivity index (χ1v) is 9.90. The number of amides is 2. The lowest BCUT2D eigenvalue weighted by Gasteiger charge is -2.27. The Balaban J connectivity index is 1.83. The van der Waals surface area contributed by atoms with Crippen molar-refractivity contribution in [2.24, 2.45) is 5.92 Å². The van der Waals surface area contributed by atoms with E-state index in [0.717, 1.165) is 5.56 Å². The number of para-hydroxylation sites is 2. The van der Waals surface area contributed by atoms with E-state index in [2.05, 4.69) is 0 Å². The second-order valence-electron chi connectivity index (χ2n) is 7.37. The minimum Gasteiger partial charge on any atom is -0.300 e. The molecule has 1 heterocycles. The van der Waals surface area contributed by atoms with Crippen molar-refractivity contribution < 1.29 is 14.4 Å². The Morgan fingerprint density at radius 3 is 1.53 bits per heavy atom. The zero-order valence-electron chi connectivity index (χ0n) is 16.6. The number of carbonyl (C=O) groups excluding carboxylic acids is 3. The lowest BCUT2D eigenvalue weighted by Crippen LogP contribution is -2.41. The van der Waals surface area contributed by atoms with Gasteiger partial charge in [-0.2, -0.15) is 0 Å². The average Bonchev–Trinajstić information content (AvgIpc) is 3.04. The van der Waals surface area contributed by atoms with Crippen LogP contribution >= 0.6 is 0 Å². The quantitative estimate of drug-likeness (QED) is 0.580. The molecule has 0 N–H and O–H groups in total. The Morgan fingerprint density at radius 2 is 1.13 bits per heavy atom. The summed E-state index contributed by atoms with van der Waals surface area (Å²) in [6, 6.07) is 27.5. The van der Waals surface area contributed by atoms with Gasteiger partial charge in [0.2, 0.25) is 0 Å². The molecule has 3 aromatic rings. The maximum Gasteiger partial charge on any atom is 0.259 e. The molecule has 0 spiro atoms. The maximum atomic E-state index is 13.6. The molecule has 5 heteroatoms. The second-order valence-corrected chi connectivity index (χ2v) is 7.37. The third-order valence-corrected chi connectivity index (χ3v) is 5.29. The van der Waals surface area contributed by atoms with Crippen molar-refractivity contribution in [2.75, 3.05) is 10.0 Å². The minimum absolute atomic E-state index is 0.0612. The fourth-order valence-electron chi connectivity index (χ4n) is 3.97. The number of nitrogens with zero attached hydrogens (tertiary/aromatic N) is 2. The lowest BCUT2D eigenvalue weighted by atomic mass is 9.82. The first-order valence-electron chi connectivity index (χ1n) is 9.90. The molecule has 4 rings (SSSR count). The van der Waals surface area contributed by atoms with E-state index in [1.54, 1.807) is 24.3 Å². The van der Waals surface area contributed by atoms with E-state index in [1.807, 2.05) is 66.7 Å². The third-order valence-electron chi connectivity index (χ3n) is 5.29. The largest absolute Gasteiger partial charge is 0.300 e. The highest BCUT2D eigenvalue weighted by molar-refractivity contribution is 6.23. The summed E-state index contributed by atoms with van der Waals surface area (Å²) < 4.78 is 0. The second kappa shape index (κ2) is 8.33. The zero-order chi connectivity index (χ0) is 21.1. The monoisotopic (exact) mass is 398 g/mol. The summed E-state index contributed by atoms with van der Waals surface area (Å²) in [6.07, 6.45) is 0.122. The zero-order valence-corrected chi connectivity index (χ0v) is 16.6. The van der Waals surface area contributed by atoms with Crippen molar-refractivity contribution >= 4 is 29.0 Å². The van der Waals surface area contributed by atoms with Gasteiger partial charge >= 0.3 is 0 Å². The van der Waals surface area contributed by atoms with E-state index >= 15 is 0 Å². The number of hydrazine groups is 1. The number of rotatable bonds is 6. The van der Waals surface area contributed by atoms with Crippen molar-refractivity contribution in [3.63, 3.8) is 0 Å². The first-order chi connectivity index (χ1) is 14.6. The number of hydrogen-bond donors (Lipinski definition) is 0. The van der Waals surface area contributed by atoms with Crippen LogP contribution in [0, 0.1) is 5.92 Å².